The lowest BCUT2D eigenvalue weighted by Gasteiger charge is -2.13. The lowest BCUT2D eigenvalue weighted by Crippen LogP contribution is -2.09. The van der Waals surface area contributed by atoms with E-state index in [0.29, 0.717) is 16.0 Å². The molecule has 0 radical (unpaired) electrons. The summed E-state index contributed by atoms with van der Waals surface area (Å²) in [6, 6.07) is 5.54. The summed E-state index contributed by atoms with van der Waals surface area (Å²) in [5.74, 6) is 0.310. The van der Waals surface area contributed by atoms with E-state index >= 15 is 0 Å². The number of rotatable bonds is 5. The van der Waals surface area contributed by atoms with Crippen molar-refractivity contribution in [1.82, 2.24) is 0 Å². The predicted molar refractivity (Wildman–Crippen MR) is 65.6 cm³/mol. The van der Waals surface area contributed by atoms with Gasteiger partial charge in [-0.25, -0.2) is 0 Å². The summed E-state index contributed by atoms with van der Waals surface area (Å²) in [6.07, 6.45) is 2.95. The van der Waals surface area contributed by atoms with Crippen LogP contribution in [0.3, 0.4) is 0 Å². The molecule has 1 atom stereocenters. The van der Waals surface area contributed by atoms with Crippen LogP contribution in [-0.4, -0.2) is 11.7 Å². The summed E-state index contributed by atoms with van der Waals surface area (Å²) in [5, 5.41) is 10.5. The van der Waals surface area contributed by atoms with Crippen LogP contribution in [0.25, 0.3) is 0 Å². The van der Waals surface area contributed by atoms with E-state index in [2.05, 4.69) is 6.92 Å². The van der Waals surface area contributed by atoms with Crippen molar-refractivity contribution >= 4 is 23.2 Å². The van der Waals surface area contributed by atoms with Crippen molar-refractivity contribution in [1.29, 1.82) is 0 Å². The van der Waals surface area contributed by atoms with E-state index in [1.165, 1.54) is 0 Å². The summed E-state index contributed by atoms with van der Waals surface area (Å²) in [5.41, 5.74) is 1.10. The van der Waals surface area contributed by atoms with Gasteiger partial charge in [-0.15, -0.1) is 0 Å². The third-order valence-corrected chi connectivity index (χ3v) is 2.84. The number of aliphatic hydroxyl groups is 1. The molecule has 0 fully saturated rings. The zero-order valence-corrected chi connectivity index (χ0v) is 10.4. The Labute approximate surface area is 101 Å². The third kappa shape index (κ3) is 4.42. The molecule has 1 rings (SSSR count). The van der Waals surface area contributed by atoms with E-state index in [0.717, 1.165) is 24.8 Å². The van der Waals surface area contributed by atoms with Crippen LogP contribution < -0.4 is 0 Å². The Bertz CT molecular complexity index is 292. The van der Waals surface area contributed by atoms with Crippen molar-refractivity contribution < 1.29 is 5.11 Å². The van der Waals surface area contributed by atoms with E-state index in [1.807, 2.05) is 12.1 Å². The molecule has 0 heterocycles. The molecule has 1 unspecified atom stereocenters. The standard InChI is InChI=1S/C12H16Cl2O/c1-2-3-9(8-15)4-10-5-11(13)7-12(14)6-10/h5-7,9,15H,2-4,8H2,1H3. The molecule has 0 aliphatic carbocycles. The molecule has 0 aliphatic heterocycles. The average molecular weight is 247 g/mol. The summed E-state index contributed by atoms with van der Waals surface area (Å²) in [4.78, 5) is 0. The first-order chi connectivity index (χ1) is 7.15. The maximum atomic E-state index is 9.19. The Morgan fingerprint density at radius 1 is 1.20 bits per heavy atom. The Morgan fingerprint density at radius 2 is 1.80 bits per heavy atom. The Hall–Kier alpha value is -0.240. The van der Waals surface area contributed by atoms with Crippen molar-refractivity contribution in [2.75, 3.05) is 6.61 Å². The van der Waals surface area contributed by atoms with Gasteiger partial charge in [-0.3, -0.25) is 0 Å². The van der Waals surface area contributed by atoms with E-state index in [1.54, 1.807) is 6.07 Å². The van der Waals surface area contributed by atoms with Crippen molar-refractivity contribution in [3.05, 3.63) is 33.8 Å². The smallest absolute Gasteiger partial charge is 0.0462 e. The first-order valence-electron chi connectivity index (χ1n) is 5.21. The van der Waals surface area contributed by atoms with Crippen LogP contribution in [0.1, 0.15) is 25.3 Å². The molecule has 84 valence electrons. The summed E-state index contributed by atoms with van der Waals surface area (Å²) < 4.78 is 0. The molecule has 1 N–H and O–H groups in total. The average Bonchev–Trinajstić information content (AvgIpc) is 2.15. The minimum atomic E-state index is 0.220. The predicted octanol–water partition coefficient (Wildman–Crippen LogP) is 3.94. The molecule has 0 aromatic heterocycles. The summed E-state index contributed by atoms with van der Waals surface area (Å²) >= 11 is 11.8. The first-order valence-corrected chi connectivity index (χ1v) is 5.97. The zero-order valence-electron chi connectivity index (χ0n) is 8.84. The van der Waals surface area contributed by atoms with Gasteiger partial charge >= 0.3 is 0 Å². The lowest BCUT2D eigenvalue weighted by molar-refractivity contribution is 0.217. The molecular formula is C12H16Cl2O. The molecular weight excluding hydrogens is 231 g/mol. The van der Waals surface area contributed by atoms with Gasteiger partial charge in [0.15, 0.2) is 0 Å². The second-order valence-electron chi connectivity index (χ2n) is 3.82. The Kier molecular flexibility index (Phi) is 5.44. The molecule has 3 heteroatoms. The highest BCUT2D eigenvalue weighted by Crippen LogP contribution is 2.22. The summed E-state index contributed by atoms with van der Waals surface area (Å²) in [6.45, 7) is 2.34. The van der Waals surface area contributed by atoms with Crippen molar-refractivity contribution in [3.63, 3.8) is 0 Å². The molecule has 0 bridgehead atoms. The largest absolute Gasteiger partial charge is 0.396 e. The fraction of sp³-hybridized carbons (Fsp3) is 0.500. The summed E-state index contributed by atoms with van der Waals surface area (Å²) in [7, 11) is 0. The highest BCUT2D eigenvalue weighted by Gasteiger charge is 2.08. The quantitative estimate of drug-likeness (QED) is 0.835. The fourth-order valence-electron chi connectivity index (χ4n) is 1.73. The molecule has 15 heavy (non-hydrogen) atoms. The highest BCUT2D eigenvalue weighted by atomic mass is 35.5. The van der Waals surface area contributed by atoms with Gasteiger partial charge in [0, 0.05) is 16.7 Å². The van der Waals surface area contributed by atoms with Crippen LogP contribution in [0.5, 0.6) is 0 Å². The first kappa shape index (κ1) is 12.8. The van der Waals surface area contributed by atoms with Crippen LogP contribution in [0.15, 0.2) is 18.2 Å². The van der Waals surface area contributed by atoms with Gasteiger partial charge in [-0.2, -0.15) is 0 Å². The van der Waals surface area contributed by atoms with Gasteiger partial charge in [0.05, 0.1) is 0 Å². The Balaban J connectivity index is 2.69. The van der Waals surface area contributed by atoms with Gasteiger partial charge in [-0.1, -0.05) is 36.5 Å². The second-order valence-corrected chi connectivity index (χ2v) is 4.69. The van der Waals surface area contributed by atoms with E-state index in [-0.39, 0.29) is 6.61 Å². The molecule has 0 saturated heterocycles. The monoisotopic (exact) mass is 246 g/mol. The number of hydrogen-bond acceptors (Lipinski definition) is 1. The SMILES string of the molecule is CCCC(CO)Cc1cc(Cl)cc(Cl)c1. The normalized spacial score (nSPS) is 12.8. The maximum absolute atomic E-state index is 9.19. The van der Waals surface area contributed by atoms with Crippen molar-refractivity contribution in [2.45, 2.75) is 26.2 Å². The van der Waals surface area contributed by atoms with Crippen molar-refractivity contribution in [2.24, 2.45) is 5.92 Å². The fourth-order valence-corrected chi connectivity index (χ4v) is 2.30. The molecule has 0 aliphatic rings. The van der Waals surface area contributed by atoms with E-state index in [4.69, 9.17) is 23.2 Å². The maximum Gasteiger partial charge on any atom is 0.0462 e. The van der Waals surface area contributed by atoms with Gasteiger partial charge < -0.3 is 5.11 Å². The van der Waals surface area contributed by atoms with Gasteiger partial charge in [0.1, 0.15) is 0 Å². The lowest BCUT2D eigenvalue weighted by atomic mass is 9.96. The minimum Gasteiger partial charge on any atom is -0.396 e. The molecule has 0 saturated carbocycles. The number of halogens is 2. The van der Waals surface area contributed by atoms with Crippen LogP contribution >= 0.6 is 23.2 Å². The zero-order chi connectivity index (χ0) is 11.3. The van der Waals surface area contributed by atoms with Crippen LogP contribution in [0.4, 0.5) is 0 Å². The van der Waals surface area contributed by atoms with Crippen molar-refractivity contribution in [3.8, 4) is 0 Å². The topological polar surface area (TPSA) is 20.2 Å². The molecule has 0 spiro atoms. The van der Waals surface area contributed by atoms with Crippen LogP contribution in [0, 0.1) is 5.92 Å². The van der Waals surface area contributed by atoms with Gasteiger partial charge in [0.2, 0.25) is 0 Å². The van der Waals surface area contributed by atoms with Gasteiger partial charge in [0.25, 0.3) is 0 Å². The number of hydrogen-bond donors (Lipinski definition) is 1. The highest BCUT2D eigenvalue weighted by molar-refractivity contribution is 6.34. The van der Waals surface area contributed by atoms with Crippen LogP contribution in [0.2, 0.25) is 10.0 Å². The molecule has 0 amide bonds. The van der Waals surface area contributed by atoms with E-state index < -0.39 is 0 Å². The number of aliphatic hydroxyl groups excluding tert-OH is 1. The molecule has 1 nitrogen and oxygen atoms in total. The van der Waals surface area contributed by atoms with E-state index in [9.17, 15) is 5.11 Å². The minimum absolute atomic E-state index is 0.220. The molecule has 1 aromatic carbocycles. The van der Waals surface area contributed by atoms with Crippen LogP contribution in [-0.2, 0) is 6.42 Å². The van der Waals surface area contributed by atoms with Gasteiger partial charge in [-0.05, 0) is 42.5 Å². The Morgan fingerprint density at radius 3 is 2.27 bits per heavy atom. The molecule has 1 aromatic rings. The second kappa shape index (κ2) is 6.37. The number of benzene rings is 1. The third-order valence-electron chi connectivity index (χ3n) is 2.40.